The van der Waals surface area contributed by atoms with Crippen molar-refractivity contribution in [2.45, 2.75) is 32.7 Å². The molecule has 1 atom stereocenters. The Labute approximate surface area is 93.0 Å². The fourth-order valence-electron chi connectivity index (χ4n) is 1.38. The molecule has 0 saturated carbocycles. The lowest BCUT2D eigenvalue weighted by molar-refractivity contribution is 0.487. The second-order valence-corrected chi connectivity index (χ2v) is 4.72. The summed E-state index contributed by atoms with van der Waals surface area (Å²) in [7, 11) is 1.86. The Bertz CT molecular complexity index is 276. The summed E-state index contributed by atoms with van der Waals surface area (Å²) in [6.45, 7) is 4.40. The van der Waals surface area contributed by atoms with E-state index in [2.05, 4.69) is 40.1 Å². The molecular weight excluding hydrogens is 244 g/mol. The zero-order valence-electron chi connectivity index (χ0n) is 8.87. The molecule has 0 radical (unpaired) electrons. The third-order valence-corrected chi connectivity index (χ3v) is 2.80. The number of hydrogen-bond donors (Lipinski definition) is 1. The molecule has 1 aromatic heterocycles. The largest absolute Gasteiger partial charge is 0.323 e. The summed E-state index contributed by atoms with van der Waals surface area (Å²) < 4.78 is 2.49. The summed E-state index contributed by atoms with van der Waals surface area (Å²) in [4.78, 5) is 0. The van der Waals surface area contributed by atoms with E-state index in [0.717, 1.165) is 23.1 Å². The van der Waals surface area contributed by atoms with Gasteiger partial charge in [0.25, 0.3) is 0 Å². The van der Waals surface area contributed by atoms with Crippen LogP contribution in [0.15, 0.2) is 4.60 Å². The van der Waals surface area contributed by atoms with Crippen LogP contribution in [0.4, 0.5) is 0 Å². The van der Waals surface area contributed by atoms with Crippen LogP contribution in [-0.4, -0.2) is 15.0 Å². The van der Waals surface area contributed by atoms with E-state index in [1.54, 1.807) is 4.68 Å². The molecule has 0 saturated heterocycles. The average Bonchev–Trinajstić information content (AvgIpc) is 2.42. The normalized spacial score (nSPS) is 13.6. The first-order chi connectivity index (χ1) is 6.52. The molecule has 2 N–H and O–H groups in total. The quantitative estimate of drug-likeness (QED) is 0.902. The second kappa shape index (κ2) is 4.89. The SMILES string of the molecule is CC(C)CCC(N)c1c(Br)nnn1C. The third-order valence-electron chi connectivity index (χ3n) is 2.23. The number of hydrogen-bond acceptors (Lipinski definition) is 3. The van der Waals surface area contributed by atoms with Crippen molar-refractivity contribution in [3.05, 3.63) is 10.3 Å². The highest BCUT2D eigenvalue weighted by Gasteiger charge is 2.16. The summed E-state index contributed by atoms with van der Waals surface area (Å²) in [5, 5.41) is 7.82. The van der Waals surface area contributed by atoms with E-state index in [9.17, 15) is 0 Å². The van der Waals surface area contributed by atoms with Crippen molar-refractivity contribution in [1.82, 2.24) is 15.0 Å². The van der Waals surface area contributed by atoms with Gasteiger partial charge < -0.3 is 5.73 Å². The van der Waals surface area contributed by atoms with E-state index >= 15 is 0 Å². The van der Waals surface area contributed by atoms with Crippen LogP contribution in [0.5, 0.6) is 0 Å². The van der Waals surface area contributed by atoms with Crippen molar-refractivity contribution >= 4 is 15.9 Å². The Balaban J connectivity index is 2.64. The van der Waals surface area contributed by atoms with Crippen molar-refractivity contribution in [3.8, 4) is 0 Å². The first kappa shape index (κ1) is 11.7. The fourth-order valence-corrected chi connectivity index (χ4v) is 2.00. The Morgan fingerprint density at radius 2 is 2.07 bits per heavy atom. The van der Waals surface area contributed by atoms with Crippen molar-refractivity contribution < 1.29 is 0 Å². The van der Waals surface area contributed by atoms with Crippen molar-refractivity contribution in [2.24, 2.45) is 18.7 Å². The molecule has 0 bridgehead atoms. The molecule has 1 rings (SSSR count). The Hall–Kier alpha value is -0.420. The standard InChI is InChI=1S/C9H17BrN4/c1-6(2)4-5-7(11)8-9(10)12-13-14(8)3/h6-7H,4-5,11H2,1-3H3. The van der Waals surface area contributed by atoms with Crippen molar-refractivity contribution in [3.63, 3.8) is 0 Å². The van der Waals surface area contributed by atoms with E-state index in [0.29, 0.717) is 5.92 Å². The number of rotatable bonds is 4. The first-order valence-electron chi connectivity index (χ1n) is 4.83. The van der Waals surface area contributed by atoms with Gasteiger partial charge in [0.1, 0.15) is 0 Å². The minimum Gasteiger partial charge on any atom is -0.323 e. The van der Waals surface area contributed by atoms with Gasteiger partial charge in [-0.25, -0.2) is 4.68 Å². The Morgan fingerprint density at radius 1 is 1.43 bits per heavy atom. The van der Waals surface area contributed by atoms with Crippen LogP contribution in [0.2, 0.25) is 0 Å². The number of nitrogens with zero attached hydrogens (tertiary/aromatic N) is 3. The maximum Gasteiger partial charge on any atom is 0.153 e. The summed E-state index contributed by atoms with van der Waals surface area (Å²) in [6.07, 6.45) is 2.09. The second-order valence-electron chi connectivity index (χ2n) is 3.97. The lowest BCUT2D eigenvalue weighted by atomic mass is 10.0. The predicted molar refractivity (Wildman–Crippen MR) is 59.7 cm³/mol. The van der Waals surface area contributed by atoms with Crippen LogP contribution in [0.3, 0.4) is 0 Å². The van der Waals surface area contributed by atoms with Gasteiger partial charge in [-0.3, -0.25) is 0 Å². The van der Waals surface area contributed by atoms with Gasteiger partial charge in [0.15, 0.2) is 4.60 Å². The monoisotopic (exact) mass is 260 g/mol. The Morgan fingerprint density at radius 3 is 2.50 bits per heavy atom. The van der Waals surface area contributed by atoms with Gasteiger partial charge in [-0.05, 0) is 34.7 Å². The smallest absolute Gasteiger partial charge is 0.153 e. The fraction of sp³-hybridized carbons (Fsp3) is 0.778. The van der Waals surface area contributed by atoms with Gasteiger partial charge in [-0.2, -0.15) is 0 Å². The maximum atomic E-state index is 6.06. The number of halogens is 1. The lowest BCUT2D eigenvalue weighted by Crippen LogP contribution is -2.15. The Kier molecular flexibility index (Phi) is 4.07. The van der Waals surface area contributed by atoms with Crippen LogP contribution in [0, 0.1) is 5.92 Å². The molecule has 0 fully saturated rings. The summed E-state index contributed by atoms with van der Waals surface area (Å²) in [5.74, 6) is 0.681. The average molecular weight is 261 g/mol. The molecule has 0 aliphatic heterocycles. The number of nitrogens with two attached hydrogens (primary N) is 1. The molecule has 4 nitrogen and oxygen atoms in total. The number of aryl methyl sites for hydroxylation is 1. The minimum atomic E-state index is 0.0202. The molecular formula is C9H17BrN4. The summed E-state index contributed by atoms with van der Waals surface area (Å²) in [6, 6.07) is 0.0202. The molecule has 0 aliphatic rings. The number of aromatic nitrogens is 3. The van der Waals surface area contributed by atoms with Crippen LogP contribution < -0.4 is 5.73 Å². The van der Waals surface area contributed by atoms with Crippen molar-refractivity contribution in [2.75, 3.05) is 0 Å². The van der Waals surface area contributed by atoms with E-state index in [4.69, 9.17) is 5.73 Å². The molecule has 0 aromatic carbocycles. The van der Waals surface area contributed by atoms with Crippen LogP contribution in [0.1, 0.15) is 38.4 Å². The summed E-state index contributed by atoms with van der Waals surface area (Å²) in [5.41, 5.74) is 7.04. The molecule has 0 aliphatic carbocycles. The van der Waals surface area contributed by atoms with Crippen molar-refractivity contribution in [1.29, 1.82) is 0 Å². The predicted octanol–water partition coefficient (Wildman–Crippen LogP) is 2.01. The molecule has 0 amide bonds. The third kappa shape index (κ3) is 2.78. The summed E-state index contributed by atoms with van der Waals surface area (Å²) >= 11 is 3.35. The minimum absolute atomic E-state index is 0.0202. The molecule has 1 aromatic rings. The highest BCUT2D eigenvalue weighted by atomic mass is 79.9. The van der Waals surface area contributed by atoms with E-state index in [1.165, 1.54) is 0 Å². The van der Waals surface area contributed by atoms with Gasteiger partial charge in [0, 0.05) is 13.1 Å². The van der Waals surface area contributed by atoms with E-state index in [-0.39, 0.29) is 6.04 Å². The van der Waals surface area contributed by atoms with Crippen LogP contribution >= 0.6 is 15.9 Å². The molecule has 1 unspecified atom stereocenters. The van der Waals surface area contributed by atoms with Crippen LogP contribution in [0.25, 0.3) is 0 Å². The van der Waals surface area contributed by atoms with Gasteiger partial charge in [-0.15, -0.1) is 5.10 Å². The van der Waals surface area contributed by atoms with Gasteiger partial charge in [0.05, 0.1) is 5.69 Å². The van der Waals surface area contributed by atoms with Crippen LogP contribution in [-0.2, 0) is 7.05 Å². The van der Waals surface area contributed by atoms with Gasteiger partial charge in [-0.1, -0.05) is 19.1 Å². The molecule has 80 valence electrons. The lowest BCUT2D eigenvalue weighted by Gasteiger charge is -2.13. The first-order valence-corrected chi connectivity index (χ1v) is 5.62. The molecule has 0 spiro atoms. The van der Waals surface area contributed by atoms with E-state index in [1.807, 2.05) is 7.05 Å². The van der Waals surface area contributed by atoms with Gasteiger partial charge in [0.2, 0.25) is 0 Å². The molecule has 14 heavy (non-hydrogen) atoms. The molecule has 5 heteroatoms. The van der Waals surface area contributed by atoms with E-state index < -0.39 is 0 Å². The highest BCUT2D eigenvalue weighted by Crippen LogP contribution is 2.23. The zero-order valence-corrected chi connectivity index (χ0v) is 10.5. The zero-order chi connectivity index (χ0) is 10.7. The van der Waals surface area contributed by atoms with Gasteiger partial charge >= 0.3 is 0 Å². The topological polar surface area (TPSA) is 56.7 Å². The maximum absolute atomic E-state index is 6.06. The highest BCUT2D eigenvalue weighted by molar-refractivity contribution is 9.10. The molecule has 1 heterocycles.